The van der Waals surface area contributed by atoms with Crippen LogP contribution in [0.1, 0.15) is 25.7 Å². The molecule has 54 valence electrons. The molecule has 0 bridgehead atoms. The van der Waals surface area contributed by atoms with Crippen LogP contribution in [0.2, 0.25) is 0 Å². The second kappa shape index (κ2) is 1.68. The number of aldehydes is 1. The van der Waals surface area contributed by atoms with E-state index in [9.17, 15) is 9.59 Å². The van der Waals surface area contributed by atoms with Gasteiger partial charge in [0.25, 0.3) is 0 Å². The van der Waals surface area contributed by atoms with Crippen molar-refractivity contribution < 1.29 is 9.59 Å². The van der Waals surface area contributed by atoms with Crippen molar-refractivity contribution in [2.45, 2.75) is 25.7 Å². The van der Waals surface area contributed by atoms with Crippen LogP contribution in [0.5, 0.6) is 0 Å². The molecule has 0 aromatic heterocycles. The van der Waals surface area contributed by atoms with E-state index in [4.69, 9.17) is 0 Å². The molecule has 0 amide bonds. The summed E-state index contributed by atoms with van der Waals surface area (Å²) < 4.78 is 0. The van der Waals surface area contributed by atoms with Gasteiger partial charge in [0.15, 0.2) is 0 Å². The highest BCUT2D eigenvalue weighted by Gasteiger charge is 2.55. The van der Waals surface area contributed by atoms with Gasteiger partial charge >= 0.3 is 0 Å². The Hall–Kier alpha value is -0.660. The number of hydrogen-bond donors (Lipinski definition) is 0. The van der Waals surface area contributed by atoms with Gasteiger partial charge in [-0.1, -0.05) is 0 Å². The van der Waals surface area contributed by atoms with Gasteiger partial charge in [-0.25, -0.2) is 0 Å². The first-order valence-corrected chi connectivity index (χ1v) is 3.78. The molecule has 0 radical (unpaired) electrons. The Balaban J connectivity index is 2.19. The number of hydrogen-bond acceptors (Lipinski definition) is 2. The molecule has 2 fully saturated rings. The Morgan fingerprint density at radius 3 is 2.40 bits per heavy atom. The molecular formula is C8H10O2. The van der Waals surface area contributed by atoms with Gasteiger partial charge in [0.05, 0.1) is 5.92 Å². The zero-order chi connectivity index (χ0) is 7.19. The van der Waals surface area contributed by atoms with E-state index < -0.39 is 0 Å². The van der Waals surface area contributed by atoms with Crippen LogP contribution < -0.4 is 0 Å². The third-order valence-electron chi connectivity index (χ3n) is 2.81. The Labute approximate surface area is 59.6 Å². The molecule has 2 heteroatoms. The number of ketones is 1. The Bertz CT molecular complexity index is 191. The average molecular weight is 138 g/mol. The van der Waals surface area contributed by atoms with Crippen molar-refractivity contribution in [3.05, 3.63) is 0 Å². The third-order valence-corrected chi connectivity index (χ3v) is 2.81. The SMILES string of the molecule is O=CC1CCC2(CC2)C1=O. The topological polar surface area (TPSA) is 34.1 Å². The van der Waals surface area contributed by atoms with Gasteiger partial charge in [-0.2, -0.15) is 0 Å². The number of rotatable bonds is 1. The summed E-state index contributed by atoms with van der Waals surface area (Å²) in [7, 11) is 0. The van der Waals surface area contributed by atoms with Gasteiger partial charge in [-0.05, 0) is 25.7 Å². The van der Waals surface area contributed by atoms with Crippen molar-refractivity contribution in [2.75, 3.05) is 0 Å². The summed E-state index contributed by atoms with van der Waals surface area (Å²) >= 11 is 0. The van der Waals surface area contributed by atoms with Crippen LogP contribution in [-0.4, -0.2) is 12.1 Å². The minimum atomic E-state index is -0.248. The van der Waals surface area contributed by atoms with Gasteiger partial charge in [0, 0.05) is 5.41 Å². The van der Waals surface area contributed by atoms with Gasteiger partial charge in [-0.15, -0.1) is 0 Å². The second-order valence-electron chi connectivity index (χ2n) is 3.43. The summed E-state index contributed by atoms with van der Waals surface area (Å²) in [5, 5.41) is 0. The standard InChI is InChI=1S/C8H10O2/c9-5-6-1-2-8(3-4-8)7(6)10/h5-6H,1-4H2. The van der Waals surface area contributed by atoms with E-state index in [1.165, 1.54) is 0 Å². The van der Waals surface area contributed by atoms with Crippen LogP contribution in [0, 0.1) is 11.3 Å². The van der Waals surface area contributed by atoms with Crippen LogP contribution in [0.3, 0.4) is 0 Å². The molecule has 1 unspecified atom stereocenters. The molecule has 0 aromatic rings. The highest BCUT2D eigenvalue weighted by Crippen LogP contribution is 2.56. The highest BCUT2D eigenvalue weighted by atomic mass is 16.1. The molecule has 2 aliphatic carbocycles. The lowest BCUT2D eigenvalue weighted by Crippen LogP contribution is -2.15. The molecule has 10 heavy (non-hydrogen) atoms. The molecule has 2 rings (SSSR count). The molecular weight excluding hydrogens is 128 g/mol. The van der Waals surface area contributed by atoms with Crippen molar-refractivity contribution in [3.8, 4) is 0 Å². The fraction of sp³-hybridized carbons (Fsp3) is 0.750. The molecule has 0 heterocycles. The fourth-order valence-electron chi connectivity index (χ4n) is 1.86. The summed E-state index contributed by atoms with van der Waals surface area (Å²) in [6.07, 6.45) is 4.67. The molecule has 2 saturated carbocycles. The Morgan fingerprint density at radius 1 is 1.40 bits per heavy atom. The maximum atomic E-state index is 11.3. The minimum Gasteiger partial charge on any atom is -0.303 e. The van der Waals surface area contributed by atoms with Crippen LogP contribution in [-0.2, 0) is 9.59 Å². The quantitative estimate of drug-likeness (QED) is 0.399. The Morgan fingerprint density at radius 2 is 2.10 bits per heavy atom. The fourth-order valence-corrected chi connectivity index (χ4v) is 1.86. The van der Waals surface area contributed by atoms with Crippen LogP contribution in [0.15, 0.2) is 0 Å². The molecule has 0 N–H and O–H groups in total. The van der Waals surface area contributed by atoms with E-state index in [-0.39, 0.29) is 17.1 Å². The van der Waals surface area contributed by atoms with E-state index in [2.05, 4.69) is 0 Å². The smallest absolute Gasteiger partial charge is 0.149 e. The molecule has 0 saturated heterocycles. The number of Topliss-reactive ketones (excluding diaryl/α,β-unsaturated/α-hetero) is 1. The first-order chi connectivity index (χ1) is 4.78. The molecule has 0 aliphatic heterocycles. The monoisotopic (exact) mass is 138 g/mol. The van der Waals surface area contributed by atoms with E-state index in [1.54, 1.807) is 0 Å². The zero-order valence-corrected chi connectivity index (χ0v) is 5.80. The predicted octanol–water partition coefficient (Wildman–Crippen LogP) is 0.945. The minimum absolute atomic E-state index is 0.00553. The molecule has 0 aromatic carbocycles. The molecule has 1 atom stereocenters. The highest BCUT2D eigenvalue weighted by molar-refractivity contribution is 6.00. The first-order valence-electron chi connectivity index (χ1n) is 3.78. The molecule has 2 aliphatic rings. The normalized spacial score (nSPS) is 34.8. The van der Waals surface area contributed by atoms with E-state index in [1.807, 2.05) is 0 Å². The van der Waals surface area contributed by atoms with Crippen molar-refractivity contribution in [1.82, 2.24) is 0 Å². The van der Waals surface area contributed by atoms with Gasteiger partial charge in [-0.3, -0.25) is 4.79 Å². The van der Waals surface area contributed by atoms with Crippen molar-refractivity contribution >= 4 is 12.1 Å². The summed E-state index contributed by atoms with van der Waals surface area (Å²) in [6.45, 7) is 0. The maximum Gasteiger partial charge on any atom is 0.149 e. The van der Waals surface area contributed by atoms with E-state index in [0.29, 0.717) is 0 Å². The maximum absolute atomic E-state index is 11.3. The largest absolute Gasteiger partial charge is 0.303 e. The van der Waals surface area contributed by atoms with Gasteiger partial charge < -0.3 is 4.79 Å². The number of carbonyl (C=O) groups excluding carboxylic acids is 2. The van der Waals surface area contributed by atoms with Crippen LogP contribution >= 0.6 is 0 Å². The summed E-state index contributed by atoms with van der Waals surface area (Å²) in [4.78, 5) is 21.6. The summed E-state index contributed by atoms with van der Waals surface area (Å²) in [5.41, 5.74) is 0.00553. The second-order valence-corrected chi connectivity index (χ2v) is 3.43. The number of carbonyl (C=O) groups is 2. The van der Waals surface area contributed by atoms with Crippen molar-refractivity contribution in [1.29, 1.82) is 0 Å². The lowest BCUT2D eigenvalue weighted by atomic mass is 10.0. The summed E-state index contributed by atoms with van der Waals surface area (Å²) in [5.74, 6) is -0.0231. The lowest BCUT2D eigenvalue weighted by Gasteiger charge is -2.00. The van der Waals surface area contributed by atoms with Crippen molar-refractivity contribution in [2.24, 2.45) is 11.3 Å². The summed E-state index contributed by atoms with van der Waals surface area (Å²) in [6, 6.07) is 0. The van der Waals surface area contributed by atoms with Gasteiger partial charge in [0.2, 0.25) is 0 Å². The predicted molar refractivity (Wildman–Crippen MR) is 35.5 cm³/mol. The lowest BCUT2D eigenvalue weighted by molar-refractivity contribution is -0.128. The third kappa shape index (κ3) is 0.591. The first kappa shape index (κ1) is 6.08. The van der Waals surface area contributed by atoms with Gasteiger partial charge in [0.1, 0.15) is 12.1 Å². The van der Waals surface area contributed by atoms with E-state index in [0.717, 1.165) is 32.0 Å². The average Bonchev–Trinajstić information content (AvgIpc) is 2.63. The van der Waals surface area contributed by atoms with Crippen LogP contribution in [0.25, 0.3) is 0 Å². The van der Waals surface area contributed by atoms with E-state index >= 15 is 0 Å². The zero-order valence-electron chi connectivity index (χ0n) is 5.80. The Kier molecular flexibility index (Phi) is 1.02. The molecule has 1 spiro atoms. The van der Waals surface area contributed by atoms with Crippen LogP contribution in [0.4, 0.5) is 0 Å². The molecule has 2 nitrogen and oxygen atoms in total. The van der Waals surface area contributed by atoms with Crippen molar-refractivity contribution in [3.63, 3.8) is 0 Å².